The van der Waals surface area contributed by atoms with Crippen molar-refractivity contribution in [1.29, 1.82) is 0 Å². The van der Waals surface area contributed by atoms with Gasteiger partial charge in [-0.25, -0.2) is 0 Å². The molecule has 4 nitrogen and oxygen atoms in total. The summed E-state index contributed by atoms with van der Waals surface area (Å²) < 4.78 is 11.7. The predicted molar refractivity (Wildman–Crippen MR) is 95.8 cm³/mol. The molecule has 1 aliphatic rings. The number of piperidine rings is 1. The minimum absolute atomic E-state index is 0.00622. The molecular weight excluding hydrogens is 302 g/mol. The maximum Gasteiger partial charge on any atom is 0.200 e. The van der Waals surface area contributed by atoms with Gasteiger partial charge in [0.1, 0.15) is 23.5 Å². The lowest BCUT2D eigenvalue weighted by Crippen LogP contribution is -2.33. The number of hydrogen-bond acceptors (Lipinski definition) is 4. The van der Waals surface area contributed by atoms with E-state index in [0.717, 1.165) is 12.3 Å². The first kappa shape index (κ1) is 15.2. The van der Waals surface area contributed by atoms with Gasteiger partial charge >= 0.3 is 0 Å². The van der Waals surface area contributed by atoms with Gasteiger partial charge in [0, 0.05) is 12.6 Å². The van der Waals surface area contributed by atoms with E-state index in [1.807, 2.05) is 30.3 Å². The molecule has 1 fully saturated rings. The van der Waals surface area contributed by atoms with Gasteiger partial charge in [0.05, 0.1) is 10.8 Å². The summed E-state index contributed by atoms with van der Waals surface area (Å²) in [6.45, 7) is 3.94. The van der Waals surface area contributed by atoms with Crippen LogP contribution >= 0.6 is 0 Å². The lowest BCUT2D eigenvalue weighted by Gasteiger charge is -2.26. The van der Waals surface area contributed by atoms with E-state index in [-0.39, 0.29) is 5.43 Å². The zero-order valence-corrected chi connectivity index (χ0v) is 13.7. The molecule has 1 saturated heterocycles. The molecule has 4 rings (SSSR count). The third-order valence-corrected chi connectivity index (χ3v) is 4.67. The number of fused-ring (bicyclic) bond motifs is 2. The SMILES string of the molecule is O=c1c2ccccc2oc2cc(OCCN3CCCCC3)ccc12. The first-order valence-corrected chi connectivity index (χ1v) is 8.62. The molecule has 1 aromatic heterocycles. The molecule has 0 atom stereocenters. The van der Waals surface area contributed by atoms with Gasteiger partial charge in [-0.15, -0.1) is 0 Å². The Balaban J connectivity index is 1.54. The highest BCUT2D eigenvalue weighted by molar-refractivity contribution is 5.90. The number of nitrogens with zero attached hydrogens (tertiary/aromatic N) is 1. The summed E-state index contributed by atoms with van der Waals surface area (Å²) >= 11 is 0. The molecule has 124 valence electrons. The summed E-state index contributed by atoms with van der Waals surface area (Å²) in [6, 6.07) is 12.8. The van der Waals surface area contributed by atoms with Crippen LogP contribution in [-0.2, 0) is 0 Å². The highest BCUT2D eigenvalue weighted by atomic mass is 16.5. The fraction of sp³-hybridized carbons (Fsp3) is 0.350. The van der Waals surface area contributed by atoms with E-state index in [9.17, 15) is 4.79 Å². The van der Waals surface area contributed by atoms with Gasteiger partial charge in [-0.3, -0.25) is 9.69 Å². The van der Waals surface area contributed by atoms with Crippen molar-refractivity contribution in [3.63, 3.8) is 0 Å². The molecule has 24 heavy (non-hydrogen) atoms. The zero-order chi connectivity index (χ0) is 16.4. The molecule has 0 saturated carbocycles. The van der Waals surface area contributed by atoms with Gasteiger partial charge < -0.3 is 9.15 Å². The quantitative estimate of drug-likeness (QED) is 0.685. The van der Waals surface area contributed by atoms with Crippen LogP contribution in [0.1, 0.15) is 19.3 Å². The number of ether oxygens (including phenoxy) is 1. The number of hydrogen-bond donors (Lipinski definition) is 0. The summed E-state index contributed by atoms with van der Waals surface area (Å²) in [7, 11) is 0. The van der Waals surface area contributed by atoms with E-state index in [0.29, 0.717) is 28.5 Å². The Morgan fingerprint density at radius 2 is 1.75 bits per heavy atom. The minimum atomic E-state index is 0.00622. The van der Waals surface area contributed by atoms with E-state index in [4.69, 9.17) is 9.15 Å². The Morgan fingerprint density at radius 3 is 2.62 bits per heavy atom. The van der Waals surface area contributed by atoms with E-state index in [2.05, 4.69) is 4.90 Å². The molecule has 1 aliphatic heterocycles. The molecule has 0 spiro atoms. The standard InChI is InChI=1S/C20H21NO3/c22-20-16-6-2-3-7-18(16)24-19-14-15(8-9-17(19)20)23-13-12-21-10-4-1-5-11-21/h2-3,6-9,14H,1,4-5,10-13H2. The Bertz CT molecular complexity index is 910. The molecule has 2 aromatic carbocycles. The third-order valence-electron chi connectivity index (χ3n) is 4.67. The van der Waals surface area contributed by atoms with Crippen LogP contribution in [0.25, 0.3) is 21.9 Å². The summed E-state index contributed by atoms with van der Waals surface area (Å²) in [6.07, 6.45) is 3.91. The molecule has 0 aliphatic carbocycles. The molecule has 0 N–H and O–H groups in total. The molecule has 4 heteroatoms. The summed E-state index contributed by atoms with van der Waals surface area (Å²) in [4.78, 5) is 15.0. The molecule has 0 bridgehead atoms. The number of para-hydroxylation sites is 1. The number of benzene rings is 2. The van der Waals surface area contributed by atoms with E-state index in [1.54, 1.807) is 12.1 Å². The van der Waals surface area contributed by atoms with Gasteiger partial charge in [0.15, 0.2) is 0 Å². The van der Waals surface area contributed by atoms with Gasteiger partial charge in [-0.2, -0.15) is 0 Å². The second-order valence-electron chi connectivity index (χ2n) is 6.34. The maximum atomic E-state index is 12.5. The first-order valence-electron chi connectivity index (χ1n) is 8.62. The second kappa shape index (κ2) is 6.65. The van der Waals surface area contributed by atoms with E-state index >= 15 is 0 Å². The van der Waals surface area contributed by atoms with Crippen LogP contribution in [0, 0.1) is 0 Å². The summed E-state index contributed by atoms with van der Waals surface area (Å²) in [5.41, 5.74) is 1.20. The lowest BCUT2D eigenvalue weighted by molar-refractivity contribution is 0.183. The zero-order valence-electron chi connectivity index (χ0n) is 13.7. The molecule has 0 amide bonds. The smallest absolute Gasteiger partial charge is 0.200 e. The largest absolute Gasteiger partial charge is 0.492 e. The number of rotatable bonds is 4. The highest BCUT2D eigenvalue weighted by Gasteiger charge is 2.11. The third kappa shape index (κ3) is 3.02. The van der Waals surface area contributed by atoms with Crippen LogP contribution < -0.4 is 10.2 Å². The Morgan fingerprint density at radius 1 is 0.958 bits per heavy atom. The lowest BCUT2D eigenvalue weighted by atomic mass is 10.1. The average Bonchev–Trinajstić information content (AvgIpc) is 2.63. The molecule has 0 unspecified atom stereocenters. The summed E-state index contributed by atoms with van der Waals surface area (Å²) in [5, 5.41) is 1.21. The van der Waals surface area contributed by atoms with Crippen molar-refractivity contribution in [2.45, 2.75) is 19.3 Å². The fourth-order valence-corrected chi connectivity index (χ4v) is 3.35. The number of likely N-dealkylation sites (tertiary alicyclic amines) is 1. The van der Waals surface area contributed by atoms with Crippen molar-refractivity contribution in [2.24, 2.45) is 0 Å². The summed E-state index contributed by atoms with van der Waals surface area (Å²) in [5.74, 6) is 0.748. The van der Waals surface area contributed by atoms with Gasteiger partial charge in [-0.05, 0) is 50.2 Å². The Kier molecular flexibility index (Phi) is 4.22. The molecule has 0 radical (unpaired) electrons. The fourth-order valence-electron chi connectivity index (χ4n) is 3.35. The predicted octanol–water partition coefficient (Wildman–Crippen LogP) is 3.81. The van der Waals surface area contributed by atoms with Crippen LogP contribution in [0.5, 0.6) is 5.75 Å². The molecule has 2 heterocycles. The van der Waals surface area contributed by atoms with Crippen molar-refractivity contribution in [2.75, 3.05) is 26.2 Å². The van der Waals surface area contributed by atoms with E-state index < -0.39 is 0 Å². The average molecular weight is 323 g/mol. The van der Waals surface area contributed by atoms with Crippen molar-refractivity contribution >= 4 is 21.9 Å². The monoisotopic (exact) mass is 323 g/mol. The van der Waals surface area contributed by atoms with Crippen molar-refractivity contribution in [3.05, 3.63) is 52.7 Å². The van der Waals surface area contributed by atoms with Crippen LogP contribution in [0.3, 0.4) is 0 Å². The Hall–Kier alpha value is -2.33. The molecular formula is C20H21NO3. The minimum Gasteiger partial charge on any atom is -0.492 e. The normalized spacial score (nSPS) is 15.8. The molecule has 3 aromatic rings. The maximum absolute atomic E-state index is 12.5. The van der Waals surface area contributed by atoms with Crippen LogP contribution in [-0.4, -0.2) is 31.1 Å². The van der Waals surface area contributed by atoms with Crippen molar-refractivity contribution < 1.29 is 9.15 Å². The van der Waals surface area contributed by atoms with Gasteiger partial charge in [-0.1, -0.05) is 18.6 Å². The Labute approximate surface area is 140 Å². The van der Waals surface area contributed by atoms with Crippen LogP contribution in [0.4, 0.5) is 0 Å². The highest BCUT2D eigenvalue weighted by Crippen LogP contribution is 2.23. The van der Waals surface area contributed by atoms with Crippen molar-refractivity contribution in [1.82, 2.24) is 4.90 Å². The topological polar surface area (TPSA) is 42.7 Å². The first-order chi connectivity index (χ1) is 11.8. The van der Waals surface area contributed by atoms with Crippen LogP contribution in [0.2, 0.25) is 0 Å². The second-order valence-corrected chi connectivity index (χ2v) is 6.34. The van der Waals surface area contributed by atoms with Crippen molar-refractivity contribution in [3.8, 4) is 5.75 Å². The van der Waals surface area contributed by atoms with Gasteiger partial charge in [0.25, 0.3) is 0 Å². The van der Waals surface area contributed by atoms with Gasteiger partial charge in [0.2, 0.25) is 5.43 Å². The van der Waals surface area contributed by atoms with E-state index in [1.165, 1.54) is 32.4 Å². The van der Waals surface area contributed by atoms with Crippen LogP contribution in [0.15, 0.2) is 51.7 Å².